The monoisotopic (exact) mass is 346 g/mol. The van der Waals surface area contributed by atoms with E-state index < -0.39 is 0 Å². The topological polar surface area (TPSA) is 29.5 Å². The molecule has 0 unspecified atom stereocenters. The minimum Gasteiger partial charge on any atom is -0.488 e. The minimum atomic E-state index is -0.00782. The Bertz CT molecular complexity index is 956. The van der Waals surface area contributed by atoms with Crippen LogP contribution in [0.2, 0.25) is 0 Å². The average Bonchev–Trinajstić information content (AvgIpc) is 3.10. The molecule has 124 valence electrons. The van der Waals surface area contributed by atoms with E-state index in [0.29, 0.717) is 6.61 Å². The van der Waals surface area contributed by atoms with Crippen molar-refractivity contribution >= 4 is 21.4 Å². The number of rotatable bonds is 5. The molecule has 0 saturated carbocycles. The van der Waals surface area contributed by atoms with E-state index in [2.05, 4.69) is 30.3 Å². The van der Waals surface area contributed by atoms with Crippen molar-refractivity contribution in [2.45, 2.75) is 13.2 Å². The second-order valence-corrected chi connectivity index (χ2v) is 6.95. The van der Waals surface area contributed by atoms with Gasteiger partial charge in [-0.25, -0.2) is 0 Å². The lowest BCUT2D eigenvalue weighted by atomic mass is 10.0. The number of ether oxygens (including phenoxy) is 1. The quantitative estimate of drug-likeness (QED) is 0.507. The van der Waals surface area contributed by atoms with Gasteiger partial charge in [0.1, 0.15) is 12.4 Å². The van der Waals surface area contributed by atoms with Gasteiger partial charge in [0.2, 0.25) is 0 Å². The Morgan fingerprint density at radius 1 is 0.840 bits per heavy atom. The average molecular weight is 346 g/mol. The third-order valence-electron chi connectivity index (χ3n) is 4.19. The first kappa shape index (κ1) is 15.9. The van der Waals surface area contributed by atoms with Gasteiger partial charge in [-0.15, -0.1) is 11.3 Å². The first-order valence-electron chi connectivity index (χ1n) is 8.23. The first-order valence-corrected chi connectivity index (χ1v) is 9.05. The molecule has 0 aliphatic heterocycles. The Hall–Kier alpha value is -2.62. The number of thiophene rings is 1. The molecule has 1 N–H and O–H groups in total. The Morgan fingerprint density at radius 2 is 1.64 bits per heavy atom. The molecule has 0 radical (unpaired) electrons. The molecule has 0 saturated heterocycles. The number of benzene rings is 3. The third kappa shape index (κ3) is 3.29. The van der Waals surface area contributed by atoms with E-state index in [-0.39, 0.29) is 6.61 Å². The van der Waals surface area contributed by atoms with Crippen molar-refractivity contribution < 1.29 is 9.84 Å². The van der Waals surface area contributed by atoms with Crippen LogP contribution in [0.25, 0.3) is 20.5 Å². The SMILES string of the molecule is OCc1cccc(OCc2ccccc2)c1-c1cc2ccccc2s1. The van der Waals surface area contributed by atoms with E-state index in [0.717, 1.165) is 27.3 Å². The number of hydrogen-bond acceptors (Lipinski definition) is 3. The molecule has 0 aliphatic rings. The number of fused-ring (bicyclic) bond motifs is 1. The maximum absolute atomic E-state index is 9.81. The van der Waals surface area contributed by atoms with Crippen molar-refractivity contribution in [2.75, 3.05) is 0 Å². The largest absolute Gasteiger partial charge is 0.488 e. The standard InChI is InChI=1S/C22H18O2S/c23-14-18-10-6-11-19(24-15-16-7-2-1-3-8-16)22(18)21-13-17-9-4-5-12-20(17)25-21/h1-13,23H,14-15H2. The number of aliphatic hydroxyl groups excluding tert-OH is 1. The fourth-order valence-electron chi connectivity index (χ4n) is 2.95. The molecule has 1 heterocycles. The fraction of sp³-hybridized carbons (Fsp3) is 0.0909. The van der Waals surface area contributed by atoms with E-state index in [9.17, 15) is 5.11 Å². The van der Waals surface area contributed by atoms with Crippen LogP contribution in [-0.2, 0) is 13.2 Å². The number of aliphatic hydroxyl groups is 1. The lowest BCUT2D eigenvalue weighted by Crippen LogP contribution is -1.98. The maximum Gasteiger partial charge on any atom is 0.128 e. The van der Waals surface area contributed by atoms with Crippen LogP contribution in [0.5, 0.6) is 5.75 Å². The molecule has 4 aromatic rings. The summed E-state index contributed by atoms with van der Waals surface area (Å²) in [6, 6.07) is 26.5. The molecular weight excluding hydrogens is 328 g/mol. The molecular formula is C22H18O2S. The lowest BCUT2D eigenvalue weighted by Gasteiger charge is -2.14. The zero-order valence-corrected chi connectivity index (χ0v) is 14.5. The van der Waals surface area contributed by atoms with Gasteiger partial charge in [0.05, 0.1) is 6.61 Å². The third-order valence-corrected chi connectivity index (χ3v) is 5.33. The molecule has 0 atom stereocenters. The lowest BCUT2D eigenvalue weighted by molar-refractivity contribution is 0.279. The molecule has 2 nitrogen and oxygen atoms in total. The van der Waals surface area contributed by atoms with Crippen molar-refractivity contribution in [3.63, 3.8) is 0 Å². The van der Waals surface area contributed by atoms with Crippen LogP contribution >= 0.6 is 11.3 Å². The molecule has 0 bridgehead atoms. The highest BCUT2D eigenvalue weighted by molar-refractivity contribution is 7.22. The van der Waals surface area contributed by atoms with Crippen LogP contribution in [0, 0.1) is 0 Å². The molecule has 0 fully saturated rings. The summed E-state index contributed by atoms with van der Waals surface area (Å²) >= 11 is 1.72. The zero-order valence-electron chi connectivity index (χ0n) is 13.7. The van der Waals surface area contributed by atoms with Gasteiger partial charge < -0.3 is 9.84 Å². The van der Waals surface area contributed by atoms with Gasteiger partial charge in [-0.05, 0) is 34.7 Å². The van der Waals surface area contributed by atoms with Crippen molar-refractivity contribution in [1.29, 1.82) is 0 Å². The smallest absolute Gasteiger partial charge is 0.128 e. The summed E-state index contributed by atoms with van der Waals surface area (Å²) in [7, 11) is 0. The van der Waals surface area contributed by atoms with Gasteiger partial charge in [0, 0.05) is 15.1 Å². The van der Waals surface area contributed by atoms with Crippen LogP contribution in [-0.4, -0.2) is 5.11 Å². The summed E-state index contributed by atoms with van der Waals surface area (Å²) in [6.07, 6.45) is 0. The Balaban J connectivity index is 1.74. The van der Waals surface area contributed by atoms with Gasteiger partial charge in [-0.2, -0.15) is 0 Å². The Labute approximate surface area is 151 Å². The predicted octanol–water partition coefficient (Wildman–Crippen LogP) is 5.64. The van der Waals surface area contributed by atoms with Gasteiger partial charge in [-0.1, -0.05) is 60.7 Å². The van der Waals surface area contributed by atoms with E-state index in [1.807, 2.05) is 48.5 Å². The number of hydrogen-bond donors (Lipinski definition) is 1. The van der Waals surface area contributed by atoms with Gasteiger partial charge in [-0.3, -0.25) is 0 Å². The molecule has 25 heavy (non-hydrogen) atoms. The minimum absolute atomic E-state index is 0.00782. The zero-order chi connectivity index (χ0) is 17.1. The second kappa shape index (κ2) is 7.09. The normalized spacial score (nSPS) is 10.9. The van der Waals surface area contributed by atoms with E-state index in [4.69, 9.17) is 4.74 Å². The van der Waals surface area contributed by atoms with E-state index in [1.54, 1.807) is 11.3 Å². The summed E-state index contributed by atoms with van der Waals surface area (Å²) in [5, 5.41) is 11.0. The maximum atomic E-state index is 9.81. The van der Waals surface area contributed by atoms with Crippen molar-refractivity contribution in [2.24, 2.45) is 0 Å². The molecule has 0 spiro atoms. The Morgan fingerprint density at radius 3 is 2.44 bits per heavy atom. The molecule has 4 rings (SSSR count). The van der Waals surface area contributed by atoms with Crippen molar-refractivity contribution in [3.8, 4) is 16.2 Å². The molecule has 0 amide bonds. The molecule has 3 aromatic carbocycles. The van der Waals surface area contributed by atoms with Crippen LogP contribution < -0.4 is 4.74 Å². The highest BCUT2D eigenvalue weighted by atomic mass is 32.1. The fourth-order valence-corrected chi connectivity index (χ4v) is 4.10. The van der Waals surface area contributed by atoms with Crippen LogP contribution in [0.1, 0.15) is 11.1 Å². The van der Waals surface area contributed by atoms with Crippen molar-refractivity contribution in [3.05, 3.63) is 90.0 Å². The summed E-state index contributed by atoms with van der Waals surface area (Å²) in [5.41, 5.74) is 3.00. The first-order chi connectivity index (χ1) is 12.3. The molecule has 0 aliphatic carbocycles. The highest BCUT2D eigenvalue weighted by Gasteiger charge is 2.14. The summed E-state index contributed by atoms with van der Waals surface area (Å²) in [4.78, 5) is 1.12. The van der Waals surface area contributed by atoms with Crippen LogP contribution in [0.3, 0.4) is 0 Å². The summed E-state index contributed by atoms with van der Waals surface area (Å²) in [6.45, 7) is 0.500. The second-order valence-electron chi connectivity index (χ2n) is 5.87. The Kier molecular flexibility index (Phi) is 4.51. The summed E-state index contributed by atoms with van der Waals surface area (Å²) < 4.78 is 7.35. The van der Waals surface area contributed by atoms with Crippen LogP contribution in [0.15, 0.2) is 78.9 Å². The van der Waals surface area contributed by atoms with Crippen LogP contribution in [0.4, 0.5) is 0 Å². The molecule has 1 aromatic heterocycles. The highest BCUT2D eigenvalue weighted by Crippen LogP contribution is 2.40. The van der Waals surface area contributed by atoms with Gasteiger partial charge >= 0.3 is 0 Å². The molecule has 3 heteroatoms. The summed E-state index contributed by atoms with van der Waals surface area (Å²) in [5.74, 6) is 0.807. The van der Waals surface area contributed by atoms with Gasteiger partial charge in [0.25, 0.3) is 0 Å². The van der Waals surface area contributed by atoms with Gasteiger partial charge in [0.15, 0.2) is 0 Å². The van der Waals surface area contributed by atoms with E-state index in [1.165, 1.54) is 10.1 Å². The predicted molar refractivity (Wildman–Crippen MR) is 104 cm³/mol. The van der Waals surface area contributed by atoms with Crippen molar-refractivity contribution in [1.82, 2.24) is 0 Å². The van der Waals surface area contributed by atoms with E-state index >= 15 is 0 Å².